The van der Waals surface area contributed by atoms with Crippen LogP contribution in [0.25, 0.3) is 0 Å². The molecule has 1 amide bonds. The third-order valence-corrected chi connectivity index (χ3v) is 2.94. The lowest BCUT2D eigenvalue weighted by Gasteiger charge is -2.11. The second kappa shape index (κ2) is 7.84. The minimum atomic E-state index is -0.196. The monoisotopic (exact) mass is 293 g/mol. The Morgan fingerprint density at radius 2 is 1.77 bits per heavy atom. The number of nitrogens with one attached hydrogen (secondary N) is 1. The molecule has 0 heterocycles. The number of ether oxygens (including phenoxy) is 1. The average Bonchev–Trinajstić information content (AvgIpc) is 2.52. The molecule has 0 saturated carbocycles. The standard InChI is InChI=1S/C19H19NO2/c1-3-4-5-10-19(21)20-17-8-6-7-9-18(17)22-16-13-11-15(2)12-14-16/h3-14H,1-2H3,(H,20,21)/b4-3+,10-5+. The van der Waals surface area contributed by atoms with Crippen LogP contribution in [0, 0.1) is 6.92 Å². The molecule has 0 unspecified atom stereocenters. The molecule has 1 N–H and O–H groups in total. The number of amides is 1. The molecule has 3 nitrogen and oxygen atoms in total. The van der Waals surface area contributed by atoms with Gasteiger partial charge in [0, 0.05) is 6.08 Å². The van der Waals surface area contributed by atoms with E-state index in [1.165, 1.54) is 11.6 Å². The highest BCUT2D eigenvalue weighted by Gasteiger charge is 2.06. The van der Waals surface area contributed by atoms with Gasteiger partial charge in [-0.3, -0.25) is 4.79 Å². The first-order valence-corrected chi connectivity index (χ1v) is 7.13. The van der Waals surface area contributed by atoms with E-state index in [9.17, 15) is 4.79 Å². The molecule has 0 aromatic heterocycles. The van der Waals surface area contributed by atoms with Crippen LogP contribution in [0.4, 0.5) is 5.69 Å². The van der Waals surface area contributed by atoms with E-state index in [0.29, 0.717) is 11.4 Å². The first-order valence-electron chi connectivity index (χ1n) is 7.13. The second-order valence-corrected chi connectivity index (χ2v) is 4.79. The van der Waals surface area contributed by atoms with Crippen molar-refractivity contribution in [1.29, 1.82) is 0 Å². The van der Waals surface area contributed by atoms with E-state index < -0.39 is 0 Å². The quantitative estimate of drug-likeness (QED) is 0.631. The van der Waals surface area contributed by atoms with Gasteiger partial charge in [0.05, 0.1) is 5.69 Å². The lowest BCUT2D eigenvalue weighted by molar-refractivity contribution is -0.111. The number of anilines is 1. The Labute approximate surface area is 130 Å². The summed E-state index contributed by atoms with van der Waals surface area (Å²) < 4.78 is 5.84. The van der Waals surface area contributed by atoms with Crippen LogP contribution in [0.1, 0.15) is 12.5 Å². The van der Waals surface area contributed by atoms with Gasteiger partial charge in [0.2, 0.25) is 5.91 Å². The van der Waals surface area contributed by atoms with Gasteiger partial charge in [0.1, 0.15) is 5.75 Å². The van der Waals surface area contributed by atoms with Crippen molar-refractivity contribution in [3.8, 4) is 11.5 Å². The molecule has 0 aliphatic rings. The van der Waals surface area contributed by atoms with E-state index in [2.05, 4.69) is 5.32 Å². The predicted octanol–water partition coefficient (Wildman–Crippen LogP) is 4.86. The van der Waals surface area contributed by atoms with Crippen LogP contribution in [0.15, 0.2) is 72.8 Å². The van der Waals surface area contributed by atoms with Crippen LogP contribution in [-0.4, -0.2) is 5.91 Å². The van der Waals surface area contributed by atoms with Crippen molar-refractivity contribution in [3.05, 3.63) is 78.4 Å². The Morgan fingerprint density at radius 1 is 1.05 bits per heavy atom. The van der Waals surface area contributed by atoms with Gasteiger partial charge in [-0.1, -0.05) is 48.1 Å². The van der Waals surface area contributed by atoms with Crippen LogP contribution in [0.2, 0.25) is 0 Å². The molecule has 0 bridgehead atoms. The van der Waals surface area contributed by atoms with Crippen LogP contribution >= 0.6 is 0 Å². The lowest BCUT2D eigenvalue weighted by atomic mass is 10.2. The molecule has 0 radical (unpaired) electrons. The number of rotatable bonds is 5. The van der Waals surface area contributed by atoms with Gasteiger partial charge in [0.15, 0.2) is 5.75 Å². The highest BCUT2D eigenvalue weighted by Crippen LogP contribution is 2.29. The molecule has 0 saturated heterocycles. The molecule has 2 rings (SSSR count). The maximum atomic E-state index is 11.8. The molecule has 0 spiro atoms. The van der Waals surface area contributed by atoms with E-state index in [1.54, 1.807) is 12.2 Å². The number of aryl methyl sites for hydroxylation is 1. The van der Waals surface area contributed by atoms with Crippen molar-refractivity contribution in [1.82, 2.24) is 0 Å². The third-order valence-electron chi connectivity index (χ3n) is 2.94. The lowest BCUT2D eigenvalue weighted by Crippen LogP contribution is -2.08. The summed E-state index contributed by atoms with van der Waals surface area (Å²) in [5.74, 6) is 1.15. The molecule has 2 aromatic rings. The Hall–Kier alpha value is -2.81. The summed E-state index contributed by atoms with van der Waals surface area (Å²) in [5.41, 5.74) is 1.81. The summed E-state index contributed by atoms with van der Waals surface area (Å²) in [6, 6.07) is 15.1. The highest BCUT2D eigenvalue weighted by atomic mass is 16.5. The molecule has 0 aliphatic heterocycles. The molecular formula is C19H19NO2. The highest BCUT2D eigenvalue weighted by molar-refractivity contribution is 6.00. The first-order chi connectivity index (χ1) is 10.7. The maximum absolute atomic E-state index is 11.8. The molecule has 3 heteroatoms. The minimum Gasteiger partial charge on any atom is -0.455 e. The number of benzene rings is 2. The second-order valence-electron chi connectivity index (χ2n) is 4.79. The summed E-state index contributed by atoms with van der Waals surface area (Å²) in [7, 11) is 0. The number of hydrogen-bond donors (Lipinski definition) is 1. The van der Waals surface area contributed by atoms with Crippen LogP contribution < -0.4 is 10.1 Å². The van der Waals surface area contributed by atoms with Crippen molar-refractivity contribution in [3.63, 3.8) is 0 Å². The van der Waals surface area contributed by atoms with Gasteiger partial charge in [0.25, 0.3) is 0 Å². The first kappa shape index (κ1) is 15.6. The van der Waals surface area contributed by atoms with Crippen LogP contribution in [-0.2, 0) is 4.79 Å². The van der Waals surface area contributed by atoms with Crippen LogP contribution in [0.5, 0.6) is 11.5 Å². The van der Waals surface area contributed by atoms with Crippen molar-refractivity contribution >= 4 is 11.6 Å². The van der Waals surface area contributed by atoms with Gasteiger partial charge in [-0.05, 0) is 38.1 Å². The fourth-order valence-electron chi connectivity index (χ4n) is 1.82. The SMILES string of the molecule is C/C=C/C=C/C(=O)Nc1ccccc1Oc1ccc(C)cc1. The average molecular weight is 293 g/mol. The van der Waals surface area contributed by atoms with Crippen LogP contribution in [0.3, 0.4) is 0 Å². The fraction of sp³-hybridized carbons (Fsp3) is 0.105. The number of para-hydroxylation sites is 2. The van der Waals surface area contributed by atoms with Gasteiger partial charge < -0.3 is 10.1 Å². The summed E-state index contributed by atoms with van der Waals surface area (Å²) >= 11 is 0. The van der Waals surface area contributed by atoms with Gasteiger partial charge in [-0.25, -0.2) is 0 Å². The maximum Gasteiger partial charge on any atom is 0.248 e. The zero-order valence-corrected chi connectivity index (χ0v) is 12.7. The zero-order chi connectivity index (χ0) is 15.8. The van der Waals surface area contributed by atoms with E-state index >= 15 is 0 Å². The normalized spacial score (nSPS) is 11.0. The van der Waals surface area contributed by atoms with Gasteiger partial charge in [-0.15, -0.1) is 0 Å². The molecule has 112 valence electrons. The summed E-state index contributed by atoms with van der Waals surface area (Å²) in [4.78, 5) is 11.8. The summed E-state index contributed by atoms with van der Waals surface area (Å²) in [6.45, 7) is 3.92. The Morgan fingerprint density at radius 3 is 2.50 bits per heavy atom. The largest absolute Gasteiger partial charge is 0.455 e. The van der Waals surface area contributed by atoms with E-state index in [4.69, 9.17) is 4.74 Å². The van der Waals surface area contributed by atoms with Crippen molar-refractivity contribution in [2.75, 3.05) is 5.32 Å². The molecule has 22 heavy (non-hydrogen) atoms. The molecule has 2 aromatic carbocycles. The van der Waals surface area contributed by atoms with Gasteiger partial charge >= 0.3 is 0 Å². The van der Waals surface area contributed by atoms with E-state index in [-0.39, 0.29) is 5.91 Å². The van der Waals surface area contributed by atoms with E-state index in [0.717, 1.165) is 5.75 Å². The third kappa shape index (κ3) is 4.63. The predicted molar refractivity (Wildman–Crippen MR) is 90.3 cm³/mol. The molecule has 0 fully saturated rings. The molecular weight excluding hydrogens is 274 g/mol. The topological polar surface area (TPSA) is 38.3 Å². The van der Waals surface area contributed by atoms with Crippen molar-refractivity contribution in [2.24, 2.45) is 0 Å². The molecule has 0 atom stereocenters. The zero-order valence-electron chi connectivity index (χ0n) is 12.7. The summed E-state index contributed by atoms with van der Waals surface area (Å²) in [5, 5.41) is 2.82. The minimum absolute atomic E-state index is 0.196. The Kier molecular flexibility index (Phi) is 5.55. The number of carbonyl (C=O) groups is 1. The van der Waals surface area contributed by atoms with Crippen molar-refractivity contribution in [2.45, 2.75) is 13.8 Å². The Balaban J connectivity index is 2.12. The number of carbonyl (C=O) groups excluding carboxylic acids is 1. The van der Waals surface area contributed by atoms with E-state index in [1.807, 2.05) is 68.5 Å². The Bertz CT molecular complexity index is 685. The fourth-order valence-corrected chi connectivity index (χ4v) is 1.82. The summed E-state index contributed by atoms with van der Waals surface area (Å²) in [6.07, 6.45) is 6.83. The number of hydrogen-bond acceptors (Lipinski definition) is 2. The van der Waals surface area contributed by atoms with Gasteiger partial charge in [-0.2, -0.15) is 0 Å². The van der Waals surface area contributed by atoms with Crippen molar-refractivity contribution < 1.29 is 9.53 Å². The smallest absolute Gasteiger partial charge is 0.248 e. The number of allylic oxidation sites excluding steroid dienone is 3. The molecule has 0 aliphatic carbocycles.